The smallest absolute Gasteiger partial charge is 0.369 e. The Morgan fingerprint density at radius 2 is 1.54 bits per heavy atom. The van der Waals surface area contributed by atoms with Gasteiger partial charge in [-0.15, -0.1) is 0 Å². The number of hydrogen-bond donors (Lipinski definition) is 1. The molecule has 13 heavy (non-hydrogen) atoms. The minimum atomic E-state index is 0.831. The molecule has 0 aromatic carbocycles. The van der Waals surface area contributed by atoms with Gasteiger partial charge in [-0.3, -0.25) is 5.41 Å². The van der Waals surface area contributed by atoms with Gasteiger partial charge < -0.3 is 8.96 Å². The van der Waals surface area contributed by atoms with Crippen LogP contribution in [-0.4, -0.2) is 22.2 Å². The van der Waals surface area contributed by atoms with Crippen molar-refractivity contribution in [2.45, 2.75) is 0 Å². The van der Waals surface area contributed by atoms with Crippen LogP contribution in [0.15, 0.2) is 36.7 Å². The first-order chi connectivity index (χ1) is 6.36. The first-order valence-electron chi connectivity index (χ1n) is 4.18. The number of rotatable bonds is 0. The van der Waals surface area contributed by atoms with E-state index in [2.05, 4.69) is 0 Å². The average molecular weight is 169 g/mol. The van der Waals surface area contributed by atoms with Gasteiger partial charge in [0.15, 0.2) is 0 Å². The van der Waals surface area contributed by atoms with Crippen molar-refractivity contribution in [3.8, 4) is 0 Å². The van der Waals surface area contributed by atoms with Crippen LogP contribution in [0, 0.1) is 0 Å². The summed E-state index contributed by atoms with van der Waals surface area (Å²) in [6.07, 6.45) is 3.98. The number of nitrogens with two attached hydrogens (primary N) is 1. The molecule has 2 N–H and O–H groups in total. The molecule has 3 nitrogen and oxygen atoms in total. The van der Waals surface area contributed by atoms with Crippen LogP contribution in [0.25, 0.3) is 0 Å². The molecule has 1 radical (unpaired) electrons. The second kappa shape index (κ2) is 2.16. The van der Waals surface area contributed by atoms with Crippen molar-refractivity contribution in [1.29, 1.82) is 0 Å². The predicted octanol–water partition coefficient (Wildman–Crippen LogP) is -0.870. The SMILES string of the molecule is [NH2+]=C1c2cccn2[B]n2cccc21. The highest BCUT2D eigenvalue weighted by molar-refractivity contribution is 6.37. The van der Waals surface area contributed by atoms with E-state index in [4.69, 9.17) is 5.41 Å². The van der Waals surface area contributed by atoms with Crippen molar-refractivity contribution in [3.63, 3.8) is 0 Å². The molecular weight excluding hydrogens is 161 g/mol. The molecule has 0 fully saturated rings. The van der Waals surface area contributed by atoms with Crippen LogP contribution < -0.4 is 5.41 Å². The molecule has 0 aliphatic carbocycles. The first-order valence-corrected chi connectivity index (χ1v) is 4.18. The van der Waals surface area contributed by atoms with E-state index < -0.39 is 0 Å². The summed E-state index contributed by atoms with van der Waals surface area (Å²) in [5, 5.41) is 6.00. The van der Waals surface area contributed by atoms with Gasteiger partial charge in [-0.2, -0.15) is 0 Å². The largest absolute Gasteiger partial charge is 0.400 e. The normalized spacial score (nSPS) is 13.4. The third kappa shape index (κ3) is 0.772. The standard InChI is InChI=1S/C9H7BN3/c11-9-7-3-1-5-12(7)10-13-6-2-4-8(9)13/h1-6,11H/p+1. The summed E-state index contributed by atoms with van der Waals surface area (Å²) in [6, 6.07) is 8.01. The van der Waals surface area contributed by atoms with Crippen LogP contribution in [-0.2, 0) is 0 Å². The molecule has 4 heteroatoms. The number of aromatic nitrogens is 2. The summed E-state index contributed by atoms with van der Waals surface area (Å²) < 4.78 is 4.03. The van der Waals surface area contributed by atoms with E-state index in [0.29, 0.717) is 0 Å². The van der Waals surface area contributed by atoms with Gasteiger partial charge in [0, 0.05) is 0 Å². The summed E-state index contributed by atoms with van der Waals surface area (Å²) in [5.74, 6) is 0. The second-order valence-corrected chi connectivity index (χ2v) is 3.13. The molecule has 2 aromatic heterocycles. The van der Waals surface area contributed by atoms with E-state index >= 15 is 0 Å². The average Bonchev–Trinajstić information content (AvgIpc) is 2.71. The van der Waals surface area contributed by atoms with Gasteiger partial charge in [0.05, 0.1) is 0 Å². The zero-order chi connectivity index (χ0) is 8.84. The third-order valence-corrected chi connectivity index (χ3v) is 2.36. The van der Waals surface area contributed by atoms with Gasteiger partial charge in [0.1, 0.15) is 11.4 Å². The summed E-state index contributed by atoms with van der Waals surface area (Å²) in [5.41, 5.74) is 2.95. The second-order valence-electron chi connectivity index (χ2n) is 3.13. The van der Waals surface area contributed by atoms with E-state index in [1.165, 1.54) is 0 Å². The van der Waals surface area contributed by atoms with E-state index in [0.717, 1.165) is 17.1 Å². The molecule has 61 valence electrons. The van der Waals surface area contributed by atoms with Crippen LogP contribution in [0.1, 0.15) is 11.4 Å². The molecule has 0 amide bonds. The number of fused-ring (bicyclic) bond motifs is 2. The Hall–Kier alpha value is -1.71. The molecule has 3 rings (SSSR count). The summed E-state index contributed by atoms with van der Waals surface area (Å²) in [6.45, 7) is 0. The third-order valence-electron chi connectivity index (χ3n) is 2.36. The molecule has 1 aliphatic rings. The Morgan fingerprint density at radius 1 is 1.00 bits per heavy atom. The van der Waals surface area contributed by atoms with Crippen molar-refractivity contribution >= 4 is 13.3 Å². The fourth-order valence-electron chi connectivity index (χ4n) is 1.71. The van der Waals surface area contributed by atoms with Gasteiger partial charge in [-0.05, 0) is 36.7 Å². The monoisotopic (exact) mass is 169 g/mol. The fourth-order valence-corrected chi connectivity index (χ4v) is 1.71. The minimum Gasteiger partial charge on any atom is -0.369 e. The lowest BCUT2D eigenvalue weighted by atomic mass is 10.0. The zero-order valence-corrected chi connectivity index (χ0v) is 7.01. The van der Waals surface area contributed by atoms with Gasteiger partial charge in [-0.25, -0.2) is 0 Å². The molecular formula is C9H8BN3+. The molecule has 0 saturated heterocycles. The maximum atomic E-state index is 6.00. The van der Waals surface area contributed by atoms with E-state index in [1.54, 1.807) is 0 Å². The Bertz CT molecular complexity index is 438. The highest BCUT2D eigenvalue weighted by Crippen LogP contribution is 2.13. The Balaban J connectivity index is 2.27. The van der Waals surface area contributed by atoms with Gasteiger partial charge in [0.25, 0.3) is 0 Å². The van der Waals surface area contributed by atoms with Crippen molar-refractivity contribution in [2.75, 3.05) is 0 Å². The molecule has 0 atom stereocenters. The van der Waals surface area contributed by atoms with Crippen molar-refractivity contribution in [2.24, 2.45) is 0 Å². The molecule has 0 unspecified atom stereocenters. The van der Waals surface area contributed by atoms with Crippen LogP contribution in [0.4, 0.5) is 0 Å². The van der Waals surface area contributed by atoms with E-state index in [9.17, 15) is 0 Å². The molecule has 1 aliphatic heterocycles. The topological polar surface area (TPSA) is 35.5 Å². The Morgan fingerprint density at radius 3 is 2.08 bits per heavy atom. The zero-order valence-electron chi connectivity index (χ0n) is 7.01. The minimum absolute atomic E-state index is 0.831. The maximum absolute atomic E-state index is 6.00. The summed E-state index contributed by atoms with van der Waals surface area (Å²) >= 11 is 0. The van der Waals surface area contributed by atoms with Crippen molar-refractivity contribution < 1.29 is 5.41 Å². The molecule has 3 heterocycles. The lowest BCUT2D eigenvalue weighted by Crippen LogP contribution is -2.47. The molecule has 0 spiro atoms. The number of hydrogen-bond acceptors (Lipinski definition) is 0. The van der Waals surface area contributed by atoms with Gasteiger partial charge in [-0.1, -0.05) is 0 Å². The quantitative estimate of drug-likeness (QED) is 0.424. The van der Waals surface area contributed by atoms with Gasteiger partial charge in [0.2, 0.25) is 5.71 Å². The predicted molar refractivity (Wildman–Crippen MR) is 50.6 cm³/mol. The highest BCUT2D eigenvalue weighted by atomic mass is 15.1. The maximum Gasteiger partial charge on any atom is 0.400 e. The summed E-state index contributed by atoms with van der Waals surface area (Å²) in [4.78, 5) is 0. The Kier molecular flexibility index (Phi) is 1.13. The van der Waals surface area contributed by atoms with Crippen LogP contribution in [0.5, 0.6) is 0 Å². The fraction of sp³-hybridized carbons (Fsp3) is 0. The molecule has 0 saturated carbocycles. The van der Waals surface area contributed by atoms with E-state index in [1.807, 2.05) is 53.2 Å². The summed E-state index contributed by atoms with van der Waals surface area (Å²) in [7, 11) is 2.01. The van der Waals surface area contributed by atoms with Crippen LogP contribution >= 0.6 is 0 Å². The lowest BCUT2D eigenvalue weighted by molar-refractivity contribution is -0.112. The van der Waals surface area contributed by atoms with Gasteiger partial charge >= 0.3 is 7.55 Å². The lowest BCUT2D eigenvalue weighted by Gasteiger charge is -2.14. The molecule has 0 bridgehead atoms. The first kappa shape index (κ1) is 6.77. The highest BCUT2D eigenvalue weighted by Gasteiger charge is 2.24. The van der Waals surface area contributed by atoms with Crippen molar-refractivity contribution in [1.82, 2.24) is 8.96 Å². The van der Waals surface area contributed by atoms with Crippen LogP contribution in [0.2, 0.25) is 0 Å². The Labute approximate surface area is 76.4 Å². The van der Waals surface area contributed by atoms with Crippen molar-refractivity contribution in [3.05, 3.63) is 48.0 Å². The van der Waals surface area contributed by atoms with E-state index in [-0.39, 0.29) is 0 Å². The number of nitrogens with zero attached hydrogens (tertiary/aromatic N) is 2. The van der Waals surface area contributed by atoms with Crippen LogP contribution in [0.3, 0.4) is 0 Å². The molecule has 2 aromatic rings.